The molecule has 0 aromatic heterocycles. The summed E-state index contributed by atoms with van der Waals surface area (Å²) in [4.78, 5) is 0. The van der Waals surface area contributed by atoms with Crippen LogP contribution in [0.15, 0.2) is 12.1 Å². The van der Waals surface area contributed by atoms with Crippen molar-refractivity contribution in [2.24, 2.45) is 5.73 Å². The Balaban J connectivity index is 3.02. The first-order chi connectivity index (χ1) is 6.56. The van der Waals surface area contributed by atoms with Crippen LogP contribution in [0.5, 0.6) is 0 Å². The summed E-state index contributed by atoms with van der Waals surface area (Å²) in [5.74, 6) is 0.489. The molecule has 0 fully saturated rings. The third kappa shape index (κ3) is 2.62. The average molecular weight is 234 g/mol. The van der Waals surface area contributed by atoms with Crippen molar-refractivity contribution in [3.63, 3.8) is 0 Å². The van der Waals surface area contributed by atoms with E-state index in [0.29, 0.717) is 16.1 Å². The van der Waals surface area contributed by atoms with Crippen LogP contribution >= 0.6 is 23.4 Å². The smallest absolute Gasteiger partial charge is 0.126 e. The predicted octanol–water partition coefficient (Wildman–Crippen LogP) is 3.15. The average Bonchev–Trinajstić information content (AvgIpc) is 2.11. The van der Waals surface area contributed by atoms with Crippen LogP contribution in [0.4, 0.5) is 4.39 Å². The zero-order chi connectivity index (χ0) is 10.7. The summed E-state index contributed by atoms with van der Waals surface area (Å²) < 4.78 is 13.2. The van der Waals surface area contributed by atoms with Crippen LogP contribution < -0.4 is 5.73 Å². The lowest BCUT2D eigenvalue weighted by molar-refractivity contribution is 0.613. The topological polar surface area (TPSA) is 26.0 Å². The van der Waals surface area contributed by atoms with Crippen molar-refractivity contribution in [2.75, 3.05) is 12.0 Å². The van der Waals surface area contributed by atoms with Crippen molar-refractivity contribution in [3.8, 4) is 0 Å². The quantitative estimate of drug-likeness (QED) is 0.868. The first-order valence-corrected chi connectivity index (χ1v) is 6.03. The monoisotopic (exact) mass is 233 g/mol. The second-order valence-corrected chi connectivity index (χ2v) is 4.50. The third-order valence-corrected chi connectivity index (χ3v) is 3.04. The summed E-state index contributed by atoms with van der Waals surface area (Å²) in [5, 5.41) is 0.547. The summed E-state index contributed by atoms with van der Waals surface area (Å²) in [6.45, 7) is 1.69. The molecule has 78 valence electrons. The van der Waals surface area contributed by atoms with Gasteiger partial charge in [-0.15, -0.1) is 0 Å². The molecule has 0 spiro atoms. The molecule has 0 radical (unpaired) electrons. The fourth-order valence-corrected chi connectivity index (χ4v) is 2.11. The van der Waals surface area contributed by atoms with Gasteiger partial charge in [-0.25, -0.2) is 4.39 Å². The van der Waals surface area contributed by atoms with E-state index in [2.05, 4.69) is 0 Å². The fourth-order valence-electron chi connectivity index (χ4n) is 1.22. The van der Waals surface area contributed by atoms with Gasteiger partial charge in [-0.1, -0.05) is 11.6 Å². The van der Waals surface area contributed by atoms with Crippen molar-refractivity contribution in [3.05, 3.63) is 34.1 Å². The van der Waals surface area contributed by atoms with Crippen molar-refractivity contribution in [1.82, 2.24) is 0 Å². The van der Waals surface area contributed by atoms with E-state index in [1.54, 1.807) is 24.8 Å². The molecule has 0 bridgehead atoms. The van der Waals surface area contributed by atoms with Gasteiger partial charge in [-0.3, -0.25) is 0 Å². The lowest BCUT2D eigenvalue weighted by atomic mass is 10.1. The molecule has 0 saturated carbocycles. The minimum absolute atomic E-state index is 0.201. The molecule has 0 amide bonds. The molecule has 1 aromatic rings. The van der Waals surface area contributed by atoms with E-state index in [9.17, 15) is 4.39 Å². The molecule has 1 nitrogen and oxygen atoms in total. The maximum Gasteiger partial charge on any atom is 0.126 e. The zero-order valence-electron chi connectivity index (χ0n) is 8.18. The van der Waals surface area contributed by atoms with E-state index in [4.69, 9.17) is 17.3 Å². The lowest BCUT2D eigenvalue weighted by Gasteiger charge is -2.13. The Morgan fingerprint density at radius 2 is 2.21 bits per heavy atom. The second kappa shape index (κ2) is 5.01. The van der Waals surface area contributed by atoms with E-state index in [-0.39, 0.29) is 11.9 Å². The molecule has 14 heavy (non-hydrogen) atoms. The van der Waals surface area contributed by atoms with Crippen molar-refractivity contribution < 1.29 is 4.39 Å². The van der Waals surface area contributed by atoms with Crippen LogP contribution in [-0.2, 0) is 0 Å². The summed E-state index contributed by atoms with van der Waals surface area (Å²) in [5.41, 5.74) is 7.09. The van der Waals surface area contributed by atoms with Gasteiger partial charge >= 0.3 is 0 Å². The van der Waals surface area contributed by atoms with Crippen LogP contribution in [0.25, 0.3) is 0 Å². The summed E-state index contributed by atoms with van der Waals surface area (Å²) in [6, 6.07) is 2.85. The number of rotatable bonds is 3. The summed E-state index contributed by atoms with van der Waals surface area (Å²) in [7, 11) is 0. The molecule has 0 heterocycles. The molecule has 1 unspecified atom stereocenters. The number of thioether (sulfide) groups is 1. The minimum Gasteiger partial charge on any atom is -0.323 e. The Kier molecular flexibility index (Phi) is 4.23. The van der Waals surface area contributed by atoms with Crippen molar-refractivity contribution in [2.45, 2.75) is 13.0 Å². The Morgan fingerprint density at radius 3 is 2.79 bits per heavy atom. The number of nitrogens with two attached hydrogens (primary N) is 1. The molecule has 1 rings (SSSR count). The van der Waals surface area contributed by atoms with Gasteiger partial charge in [0, 0.05) is 16.8 Å². The minimum atomic E-state index is -0.249. The van der Waals surface area contributed by atoms with Crippen molar-refractivity contribution >= 4 is 23.4 Å². The van der Waals surface area contributed by atoms with Crippen LogP contribution in [-0.4, -0.2) is 12.0 Å². The second-order valence-electron chi connectivity index (χ2n) is 3.18. The largest absolute Gasteiger partial charge is 0.323 e. The SMILES string of the molecule is CSCC(N)c1cc(F)c(C)cc1Cl. The van der Waals surface area contributed by atoms with Gasteiger partial charge in [0.2, 0.25) is 0 Å². The van der Waals surface area contributed by atoms with Gasteiger partial charge in [-0.05, 0) is 36.4 Å². The zero-order valence-corrected chi connectivity index (χ0v) is 9.75. The Hall–Kier alpha value is -0.250. The highest BCUT2D eigenvalue weighted by Crippen LogP contribution is 2.26. The van der Waals surface area contributed by atoms with E-state index < -0.39 is 0 Å². The molecule has 1 aromatic carbocycles. The molecule has 4 heteroatoms. The molecular formula is C10H13ClFNS. The maximum absolute atomic E-state index is 13.2. The maximum atomic E-state index is 13.2. The predicted molar refractivity (Wildman–Crippen MR) is 61.5 cm³/mol. The molecule has 0 aliphatic rings. The highest BCUT2D eigenvalue weighted by molar-refractivity contribution is 7.98. The molecular weight excluding hydrogens is 221 g/mol. The highest BCUT2D eigenvalue weighted by Gasteiger charge is 2.12. The molecule has 0 aliphatic heterocycles. The summed E-state index contributed by atoms with van der Waals surface area (Å²) >= 11 is 7.59. The van der Waals surface area contributed by atoms with Crippen LogP contribution in [0.3, 0.4) is 0 Å². The third-order valence-electron chi connectivity index (χ3n) is 2.02. The number of hydrogen-bond donors (Lipinski definition) is 1. The molecule has 0 saturated heterocycles. The van der Waals surface area contributed by atoms with Gasteiger partial charge in [0.25, 0.3) is 0 Å². The number of benzene rings is 1. The van der Waals surface area contributed by atoms with Crippen LogP contribution in [0.2, 0.25) is 5.02 Å². The van der Waals surface area contributed by atoms with Crippen LogP contribution in [0.1, 0.15) is 17.2 Å². The molecule has 1 atom stereocenters. The van der Waals surface area contributed by atoms with Crippen LogP contribution in [0, 0.1) is 12.7 Å². The number of halogens is 2. The summed E-state index contributed by atoms with van der Waals surface area (Å²) in [6.07, 6.45) is 1.96. The van der Waals surface area contributed by atoms with Gasteiger partial charge in [-0.2, -0.15) is 11.8 Å². The number of aryl methyl sites for hydroxylation is 1. The normalized spacial score (nSPS) is 12.9. The van der Waals surface area contributed by atoms with E-state index in [1.165, 1.54) is 6.07 Å². The first-order valence-electron chi connectivity index (χ1n) is 4.26. The fraction of sp³-hybridized carbons (Fsp3) is 0.400. The number of hydrogen-bond acceptors (Lipinski definition) is 2. The Morgan fingerprint density at radius 1 is 1.57 bits per heavy atom. The van der Waals surface area contributed by atoms with E-state index in [1.807, 2.05) is 6.26 Å². The first kappa shape index (κ1) is 11.8. The van der Waals surface area contributed by atoms with Gasteiger partial charge in [0.05, 0.1) is 0 Å². The standard InChI is InChI=1S/C10H13ClFNS/c1-6-3-8(11)7(4-9(6)12)10(13)5-14-2/h3-4,10H,5,13H2,1-2H3. The van der Waals surface area contributed by atoms with E-state index in [0.717, 1.165) is 5.75 Å². The Labute approximate surface area is 92.8 Å². The molecule has 2 N–H and O–H groups in total. The van der Waals surface area contributed by atoms with Gasteiger partial charge in [0.1, 0.15) is 5.82 Å². The van der Waals surface area contributed by atoms with Crippen molar-refractivity contribution in [1.29, 1.82) is 0 Å². The van der Waals surface area contributed by atoms with Gasteiger partial charge < -0.3 is 5.73 Å². The lowest BCUT2D eigenvalue weighted by Crippen LogP contribution is -2.13. The highest BCUT2D eigenvalue weighted by atomic mass is 35.5. The van der Waals surface area contributed by atoms with Gasteiger partial charge in [0.15, 0.2) is 0 Å². The van der Waals surface area contributed by atoms with E-state index >= 15 is 0 Å². The molecule has 0 aliphatic carbocycles. The Bertz CT molecular complexity index is 330.